The lowest BCUT2D eigenvalue weighted by atomic mass is 9.92. The highest BCUT2D eigenvalue weighted by Crippen LogP contribution is 2.38. The zero-order valence-electron chi connectivity index (χ0n) is 15.2. The van der Waals surface area contributed by atoms with Crippen LogP contribution in [0.2, 0.25) is 0 Å². The molecule has 0 saturated heterocycles. The Kier molecular flexibility index (Phi) is 7.16. The van der Waals surface area contributed by atoms with Crippen molar-refractivity contribution in [3.8, 4) is 5.75 Å². The van der Waals surface area contributed by atoms with Crippen LogP contribution in [-0.4, -0.2) is 27.6 Å². The summed E-state index contributed by atoms with van der Waals surface area (Å²) in [5, 5.41) is 0. The first-order chi connectivity index (χ1) is 12.6. The number of rotatable bonds is 9. The fourth-order valence-corrected chi connectivity index (χ4v) is 3.45. The third kappa shape index (κ3) is 5.87. The van der Waals surface area contributed by atoms with Crippen LogP contribution in [0.15, 0.2) is 36.1 Å². The third-order valence-corrected chi connectivity index (χ3v) is 5.44. The molecule has 1 aliphatic rings. The van der Waals surface area contributed by atoms with Crippen molar-refractivity contribution in [1.29, 1.82) is 0 Å². The first-order valence-corrected chi connectivity index (χ1v) is 9.96. The van der Waals surface area contributed by atoms with Crippen molar-refractivity contribution in [2.75, 3.05) is 13.7 Å². The van der Waals surface area contributed by atoms with Crippen LogP contribution >= 0.6 is 0 Å². The molecule has 0 radical (unpaired) electrons. The highest BCUT2D eigenvalue weighted by molar-refractivity contribution is 7.87. The number of methoxy groups -OCH3 is 1. The summed E-state index contributed by atoms with van der Waals surface area (Å²) in [6.45, 7) is 2.68. The minimum atomic E-state index is -5.62. The quantitative estimate of drug-likeness (QED) is 0.344. The SMILES string of the molecule is COc1ccc(COCCC[C@@H]2C(OS(=O)(=O)C(F)(F)F)=CC[C@H]2C)cc1. The van der Waals surface area contributed by atoms with Crippen LogP contribution in [-0.2, 0) is 25.6 Å². The fourth-order valence-electron chi connectivity index (χ4n) is 2.91. The normalized spacial score (nSPS) is 20.4. The predicted molar refractivity (Wildman–Crippen MR) is 93.3 cm³/mol. The van der Waals surface area contributed by atoms with E-state index in [1.165, 1.54) is 6.08 Å². The molecule has 0 amide bonds. The molecule has 9 heteroatoms. The minimum absolute atomic E-state index is 0.0185. The molecule has 0 fully saturated rings. The minimum Gasteiger partial charge on any atom is -0.497 e. The lowest BCUT2D eigenvalue weighted by molar-refractivity contribution is -0.0527. The van der Waals surface area contributed by atoms with Gasteiger partial charge in [0, 0.05) is 12.5 Å². The Balaban J connectivity index is 1.79. The van der Waals surface area contributed by atoms with Crippen molar-refractivity contribution in [3.05, 3.63) is 41.7 Å². The maximum atomic E-state index is 12.5. The van der Waals surface area contributed by atoms with E-state index in [9.17, 15) is 21.6 Å². The summed E-state index contributed by atoms with van der Waals surface area (Å²) in [4.78, 5) is 0. The average Bonchev–Trinajstić information content (AvgIpc) is 2.93. The number of halogens is 3. The molecular formula is C18H23F3O5S. The Morgan fingerprint density at radius 2 is 1.85 bits per heavy atom. The summed E-state index contributed by atoms with van der Waals surface area (Å²) >= 11 is 0. The van der Waals surface area contributed by atoms with Gasteiger partial charge in [-0.2, -0.15) is 21.6 Å². The van der Waals surface area contributed by atoms with Crippen molar-refractivity contribution in [2.24, 2.45) is 11.8 Å². The first kappa shape index (κ1) is 21.6. The molecule has 1 aliphatic carbocycles. The molecular weight excluding hydrogens is 385 g/mol. The second kappa shape index (κ2) is 8.97. The van der Waals surface area contributed by atoms with E-state index in [0.29, 0.717) is 32.5 Å². The van der Waals surface area contributed by atoms with E-state index in [2.05, 4.69) is 4.18 Å². The smallest absolute Gasteiger partial charge is 0.497 e. The van der Waals surface area contributed by atoms with Gasteiger partial charge in [0.15, 0.2) is 0 Å². The van der Waals surface area contributed by atoms with Crippen molar-refractivity contribution < 1.29 is 35.2 Å². The fraction of sp³-hybridized carbons (Fsp3) is 0.556. The molecule has 1 aromatic rings. The molecule has 0 spiro atoms. The maximum Gasteiger partial charge on any atom is 0.534 e. The molecule has 0 unspecified atom stereocenters. The molecule has 0 bridgehead atoms. The number of alkyl halides is 3. The van der Waals surface area contributed by atoms with E-state index in [-0.39, 0.29) is 17.6 Å². The summed E-state index contributed by atoms with van der Waals surface area (Å²) in [5.74, 6) is 0.286. The lowest BCUT2D eigenvalue weighted by Gasteiger charge is -2.20. The molecule has 0 aromatic heterocycles. The summed E-state index contributed by atoms with van der Waals surface area (Å²) < 4.78 is 75.0. The zero-order chi connectivity index (χ0) is 20.1. The third-order valence-electron chi connectivity index (χ3n) is 4.46. The Labute approximate surface area is 157 Å². The van der Waals surface area contributed by atoms with E-state index in [1.54, 1.807) is 7.11 Å². The topological polar surface area (TPSA) is 61.8 Å². The molecule has 27 heavy (non-hydrogen) atoms. The van der Waals surface area contributed by atoms with E-state index >= 15 is 0 Å². The molecule has 0 aliphatic heterocycles. The Hall–Kier alpha value is -1.74. The number of ether oxygens (including phenoxy) is 2. The molecule has 2 atom stereocenters. The molecule has 152 valence electrons. The number of hydrogen-bond acceptors (Lipinski definition) is 5. The molecule has 5 nitrogen and oxygen atoms in total. The van der Waals surface area contributed by atoms with Gasteiger partial charge in [0.25, 0.3) is 0 Å². The molecule has 2 rings (SSSR count). The van der Waals surface area contributed by atoms with Crippen LogP contribution in [0.4, 0.5) is 13.2 Å². The Bertz CT molecular complexity index is 741. The van der Waals surface area contributed by atoms with E-state index in [4.69, 9.17) is 9.47 Å². The van der Waals surface area contributed by atoms with Crippen LogP contribution in [0.3, 0.4) is 0 Å². The Morgan fingerprint density at radius 1 is 1.19 bits per heavy atom. The van der Waals surface area contributed by atoms with Gasteiger partial charge in [-0.1, -0.05) is 19.1 Å². The van der Waals surface area contributed by atoms with Gasteiger partial charge < -0.3 is 13.7 Å². The average molecular weight is 408 g/mol. The summed E-state index contributed by atoms with van der Waals surface area (Å²) in [7, 11) is -4.04. The van der Waals surface area contributed by atoms with Gasteiger partial charge in [0.2, 0.25) is 0 Å². The second-order valence-corrected chi connectivity index (χ2v) is 7.99. The van der Waals surface area contributed by atoms with Crippen LogP contribution in [0, 0.1) is 11.8 Å². The number of hydrogen-bond donors (Lipinski definition) is 0. The van der Waals surface area contributed by atoms with Crippen molar-refractivity contribution >= 4 is 10.1 Å². The van der Waals surface area contributed by atoms with Gasteiger partial charge in [-0.3, -0.25) is 0 Å². The monoisotopic (exact) mass is 408 g/mol. The molecule has 0 saturated carbocycles. The number of benzene rings is 1. The highest BCUT2D eigenvalue weighted by atomic mass is 32.2. The summed E-state index contributed by atoms with van der Waals surface area (Å²) in [6.07, 6.45) is 2.98. The summed E-state index contributed by atoms with van der Waals surface area (Å²) in [6, 6.07) is 7.42. The van der Waals surface area contributed by atoms with E-state index in [0.717, 1.165) is 11.3 Å². The van der Waals surface area contributed by atoms with Crippen molar-refractivity contribution in [3.63, 3.8) is 0 Å². The summed E-state index contributed by atoms with van der Waals surface area (Å²) in [5.41, 5.74) is -4.45. The van der Waals surface area contributed by atoms with Crippen molar-refractivity contribution in [1.82, 2.24) is 0 Å². The van der Waals surface area contributed by atoms with Crippen LogP contribution in [0.25, 0.3) is 0 Å². The Morgan fingerprint density at radius 3 is 2.44 bits per heavy atom. The molecule has 0 heterocycles. The lowest BCUT2D eigenvalue weighted by Crippen LogP contribution is -2.27. The highest BCUT2D eigenvalue weighted by Gasteiger charge is 2.49. The van der Waals surface area contributed by atoms with Gasteiger partial charge in [-0.05, 0) is 49.0 Å². The van der Waals surface area contributed by atoms with Crippen LogP contribution < -0.4 is 4.74 Å². The van der Waals surface area contributed by atoms with Crippen molar-refractivity contribution in [2.45, 2.75) is 38.3 Å². The zero-order valence-corrected chi connectivity index (χ0v) is 16.0. The second-order valence-electron chi connectivity index (χ2n) is 6.45. The van der Waals surface area contributed by atoms with E-state index in [1.807, 2.05) is 31.2 Å². The van der Waals surface area contributed by atoms with Gasteiger partial charge in [0.1, 0.15) is 11.5 Å². The van der Waals surface area contributed by atoms with Gasteiger partial charge in [-0.25, -0.2) is 0 Å². The predicted octanol–water partition coefficient (Wildman–Crippen LogP) is 4.40. The van der Waals surface area contributed by atoms with Gasteiger partial charge >= 0.3 is 15.6 Å². The van der Waals surface area contributed by atoms with Gasteiger partial charge in [-0.15, -0.1) is 0 Å². The van der Waals surface area contributed by atoms with E-state index < -0.39 is 15.6 Å². The first-order valence-electron chi connectivity index (χ1n) is 8.55. The van der Waals surface area contributed by atoms with Crippen LogP contribution in [0.1, 0.15) is 31.7 Å². The van der Waals surface area contributed by atoms with Gasteiger partial charge in [0.05, 0.1) is 13.7 Å². The largest absolute Gasteiger partial charge is 0.534 e. The standard InChI is InChI=1S/C18H23F3O5S/c1-13-5-10-17(26-27(22,23)18(19,20)21)16(13)4-3-11-25-12-14-6-8-15(24-2)9-7-14/h6-10,13,16H,3-5,11-12H2,1-2H3/t13-,16+/m1/s1. The molecule has 0 N–H and O–H groups in total. The van der Waals surface area contributed by atoms with Crippen LogP contribution in [0.5, 0.6) is 5.75 Å². The number of allylic oxidation sites excluding steroid dienone is 2. The maximum absolute atomic E-state index is 12.5. The molecule has 1 aromatic carbocycles.